The summed E-state index contributed by atoms with van der Waals surface area (Å²) in [7, 11) is 0. The SMILES string of the molecule is CC1(C(=O)OC(C)(C)C2CC[NH2+]CC2)CC1. The summed E-state index contributed by atoms with van der Waals surface area (Å²) in [6.07, 6.45) is 4.33. The second-order valence-electron chi connectivity index (χ2n) is 6.19. The van der Waals surface area contributed by atoms with Gasteiger partial charge in [0.25, 0.3) is 0 Å². The van der Waals surface area contributed by atoms with Crippen molar-refractivity contribution >= 4 is 5.97 Å². The number of rotatable bonds is 3. The normalized spacial score (nSPS) is 25.2. The van der Waals surface area contributed by atoms with Crippen molar-refractivity contribution in [1.29, 1.82) is 0 Å². The first-order chi connectivity index (χ1) is 7.44. The average molecular weight is 226 g/mol. The van der Waals surface area contributed by atoms with Gasteiger partial charge in [0.1, 0.15) is 5.60 Å². The molecule has 0 spiro atoms. The number of carbonyl (C=O) groups excluding carboxylic acids is 1. The highest BCUT2D eigenvalue weighted by molar-refractivity contribution is 5.79. The van der Waals surface area contributed by atoms with Gasteiger partial charge in [0.05, 0.1) is 18.5 Å². The van der Waals surface area contributed by atoms with Crippen LogP contribution in [0.15, 0.2) is 0 Å². The van der Waals surface area contributed by atoms with Crippen LogP contribution in [0.2, 0.25) is 0 Å². The summed E-state index contributed by atoms with van der Waals surface area (Å²) >= 11 is 0. The first kappa shape index (κ1) is 11.9. The van der Waals surface area contributed by atoms with E-state index in [-0.39, 0.29) is 17.0 Å². The van der Waals surface area contributed by atoms with Crippen LogP contribution >= 0.6 is 0 Å². The Morgan fingerprint density at radius 1 is 1.31 bits per heavy atom. The van der Waals surface area contributed by atoms with E-state index in [9.17, 15) is 4.79 Å². The molecular weight excluding hydrogens is 202 g/mol. The maximum atomic E-state index is 12.0. The topological polar surface area (TPSA) is 42.9 Å². The van der Waals surface area contributed by atoms with Crippen LogP contribution in [0.1, 0.15) is 46.5 Å². The maximum Gasteiger partial charge on any atom is 0.312 e. The van der Waals surface area contributed by atoms with Gasteiger partial charge in [0.2, 0.25) is 0 Å². The Balaban J connectivity index is 1.93. The second-order valence-corrected chi connectivity index (χ2v) is 6.19. The number of piperidine rings is 1. The van der Waals surface area contributed by atoms with Crippen LogP contribution in [0.3, 0.4) is 0 Å². The minimum Gasteiger partial charge on any atom is -0.459 e. The van der Waals surface area contributed by atoms with Gasteiger partial charge >= 0.3 is 5.97 Å². The molecule has 16 heavy (non-hydrogen) atoms. The van der Waals surface area contributed by atoms with E-state index >= 15 is 0 Å². The van der Waals surface area contributed by atoms with Gasteiger partial charge in [-0.15, -0.1) is 0 Å². The van der Waals surface area contributed by atoms with Gasteiger partial charge < -0.3 is 10.1 Å². The molecule has 0 bridgehead atoms. The van der Waals surface area contributed by atoms with Crippen LogP contribution in [0.4, 0.5) is 0 Å². The third-order valence-corrected chi connectivity index (χ3v) is 4.27. The molecule has 1 heterocycles. The van der Waals surface area contributed by atoms with Crippen molar-refractivity contribution in [3.8, 4) is 0 Å². The quantitative estimate of drug-likeness (QED) is 0.732. The highest BCUT2D eigenvalue weighted by atomic mass is 16.6. The van der Waals surface area contributed by atoms with Gasteiger partial charge in [-0.2, -0.15) is 0 Å². The lowest BCUT2D eigenvalue weighted by atomic mass is 9.83. The van der Waals surface area contributed by atoms with E-state index < -0.39 is 0 Å². The fourth-order valence-electron chi connectivity index (χ4n) is 2.46. The van der Waals surface area contributed by atoms with E-state index in [0.29, 0.717) is 5.92 Å². The Bertz CT molecular complexity index is 276. The molecule has 0 aromatic heterocycles. The number of hydrogen-bond acceptors (Lipinski definition) is 2. The Labute approximate surface area is 97.9 Å². The zero-order valence-corrected chi connectivity index (χ0v) is 10.7. The van der Waals surface area contributed by atoms with Crippen LogP contribution < -0.4 is 5.32 Å². The van der Waals surface area contributed by atoms with Crippen molar-refractivity contribution in [3.05, 3.63) is 0 Å². The molecular formula is C13H24NO2+. The van der Waals surface area contributed by atoms with Crippen LogP contribution in [0.5, 0.6) is 0 Å². The van der Waals surface area contributed by atoms with E-state index in [2.05, 4.69) is 19.2 Å². The van der Waals surface area contributed by atoms with Crippen molar-refractivity contribution in [2.75, 3.05) is 13.1 Å². The van der Waals surface area contributed by atoms with Crippen molar-refractivity contribution in [2.45, 2.75) is 52.1 Å². The Morgan fingerprint density at radius 3 is 2.38 bits per heavy atom. The maximum absolute atomic E-state index is 12.0. The lowest BCUT2D eigenvalue weighted by molar-refractivity contribution is -0.665. The van der Waals surface area contributed by atoms with Crippen molar-refractivity contribution in [1.82, 2.24) is 0 Å². The van der Waals surface area contributed by atoms with Gasteiger partial charge in [-0.25, -0.2) is 0 Å². The largest absolute Gasteiger partial charge is 0.459 e. The molecule has 2 rings (SSSR count). The standard InChI is InChI=1S/C13H23NO2/c1-12(2,10-4-8-14-9-5-10)16-11(15)13(3)6-7-13/h10,14H,4-9H2,1-3H3/p+1. The number of esters is 1. The second kappa shape index (κ2) is 4.02. The van der Waals surface area contributed by atoms with E-state index in [4.69, 9.17) is 4.74 Å². The monoisotopic (exact) mass is 226 g/mol. The van der Waals surface area contributed by atoms with E-state index in [0.717, 1.165) is 25.7 Å². The summed E-state index contributed by atoms with van der Waals surface area (Å²) in [6, 6.07) is 0. The molecule has 92 valence electrons. The molecule has 1 saturated heterocycles. The molecule has 1 aliphatic heterocycles. The molecule has 2 fully saturated rings. The van der Waals surface area contributed by atoms with E-state index in [1.807, 2.05) is 6.92 Å². The minimum absolute atomic E-state index is 0.0204. The zero-order chi connectivity index (χ0) is 11.8. The number of nitrogens with two attached hydrogens (primary N) is 1. The summed E-state index contributed by atoms with van der Waals surface area (Å²) in [6.45, 7) is 8.51. The molecule has 0 aromatic rings. The molecule has 0 atom stereocenters. The third kappa shape index (κ3) is 2.40. The summed E-state index contributed by atoms with van der Waals surface area (Å²) in [4.78, 5) is 12.0. The molecule has 2 N–H and O–H groups in total. The van der Waals surface area contributed by atoms with Crippen LogP contribution in [0, 0.1) is 11.3 Å². The molecule has 1 aliphatic carbocycles. The van der Waals surface area contributed by atoms with Gasteiger partial charge in [0, 0.05) is 18.8 Å². The van der Waals surface area contributed by atoms with Crippen molar-refractivity contribution in [3.63, 3.8) is 0 Å². The molecule has 0 unspecified atom stereocenters. The predicted molar refractivity (Wildman–Crippen MR) is 61.9 cm³/mol. The molecule has 3 nitrogen and oxygen atoms in total. The first-order valence-electron chi connectivity index (χ1n) is 6.49. The number of quaternary nitrogens is 1. The average Bonchev–Trinajstić information content (AvgIpc) is 2.99. The molecule has 0 aromatic carbocycles. The Kier molecular flexibility index (Phi) is 2.99. The summed E-state index contributed by atoms with van der Waals surface area (Å²) in [5.41, 5.74) is -0.436. The van der Waals surface area contributed by atoms with Gasteiger partial charge in [-0.05, 0) is 33.6 Å². The molecule has 2 aliphatic rings. The third-order valence-electron chi connectivity index (χ3n) is 4.27. The Morgan fingerprint density at radius 2 is 1.88 bits per heavy atom. The summed E-state index contributed by atoms with van der Waals surface area (Å²) in [5, 5.41) is 2.34. The highest BCUT2D eigenvalue weighted by Gasteiger charge is 2.49. The number of hydrogen-bond donors (Lipinski definition) is 1. The minimum atomic E-state index is -0.281. The van der Waals surface area contributed by atoms with Crippen molar-refractivity contribution < 1.29 is 14.8 Å². The highest BCUT2D eigenvalue weighted by Crippen LogP contribution is 2.47. The first-order valence-corrected chi connectivity index (χ1v) is 6.49. The molecule has 0 amide bonds. The lowest BCUT2D eigenvalue weighted by Gasteiger charge is -2.36. The number of carbonyl (C=O) groups is 1. The molecule has 1 saturated carbocycles. The fourth-order valence-corrected chi connectivity index (χ4v) is 2.46. The molecule has 0 radical (unpaired) electrons. The zero-order valence-electron chi connectivity index (χ0n) is 10.7. The lowest BCUT2D eigenvalue weighted by Crippen LogP contribution is -2.86. The van der Waals surface area contributed by atoms with Gasteiger partial charge in [0.15, 0.2) is 0 Å². The van der Waals surface area contributed by atoms with Gasteiger partial charge in [-0.3, -0.25) is 4.79 Å². The summed E-state index contributed by atoms with van der Waals surface area (Å²) in [5.74, 6) is 0.552. The van der Waals surface area contributed by atoms with Crippen LogP contribution in [0.25, 0.3) is 0 Å². The van der Waals surface area contributed by atoms with E-state index in [1.165, 1.54) is 13.1 Å². The van der Waals surface area contributed by atoms with Crippen molar-refractivity contribution in [2.24, 2.45) is 11.3 Å². The summed E-state index contributed by atoms with van der Waals surface area (Å²) < 4.78 is 5.75. The number of ether oxygens (including phenoxy) is 1. The smallest absolute Gasteiger partial charge is 0.312 e. The van der Waals surface area contributed by atoms with E-state index in [1.54, 1.807) is 0 Å². The van der Waals surface area contributed by atoms with Crippen LogP contribution in [-0.4, -0.2) is 24.7 Å². The van der Waals surface area contributed by atoms with Crippen LogP contribution in [-0.2, 0) is 9.53 Å². The Hall–Kier alpha value is -0.570. The van der Waals surface area contributed by atoms with Gasteiger partial charge in [-0.1, -0.05) is 0 Å². The molecule has 3 heteroatoms. The predicted octanol–water partition coefficient (Wildman–Crippen LogP) is 1.08. The fraction of sp³-hybridized carbons (Fsp3) is 0.923.